The molecule has 0 atom stereocenters. The average molecular weight is 313 g/mol. The Bertz CT molecular complexity index is 569. The van der Waals surface area contributed by atoms with Gasteiger partial charge in [0.15, 0.2) is 0 Å². The molecular weight excluding hydrogens is 290 g/mol. The van der Waals surface area contributed by atoms with Crippen LogP contribution in [-0.2, 0) is 27.7 Å². The molecule has 2 N–H and O–H groups in total. The minimum atomic E-state index is -3.55. The first-order chi connectivity index (χ1) is 10.1. The Morgan fingerprint density at radius 2 is 2.00 bits per heavy atom. The molecule has 1 saturated heterocycles. The Morgan fingerprint density at radius 1 is 1.29 bits per heavy atom. The number of hydrogen-bond acceptors (Lipinski definition) is 5. The molecule has 118 valence electrons. The second-order valence-corrected chi connectivity index (χ2v) is 6.65. The quantitative estimate of drug-likeness (QED) is 0.800. The minimum absolute atomic E-state index is 0.365. The third kappa shape index (κ3) is 4.24. The third-order valence-electron chi connectivity index (χ3n) is 3.44. The van der Waals surface area contributed by atoms with E-state index in [0.717, 1.165) is 11.1 Å². The van der Waals surface area contributed by atoms with Crippen molar-refractivity contribution in [3.63, 3.8) is 0 Å². The van der Waals surface area contributed by atoms with Gasteiger partial charge < -0.3 is 10.1 Å². The average Bonchev–Trinajstić information content (AvgIpc) is 2.48. The van der Waals surface area contributed by atoms with Crippen LogP contribution in [0.2, 0.25) is 0 Å². The van der Waals surface area contributed by atoms with Gasteiger partial charge >= 0.3 is 0 Å². The van der Waals surface area contributed by atoms with Gasteiger partial charge in [-0.05, 0) is 30.7 Å². The van der Waals surface area contributed by atoms with Crippen molar-refractivity contribution in [2.75, 3.05) is 33.4 Å². The molecule has 1 aromatic rings. The molecule has 0 bridgehead atoms. The number of hydrogen-bond donors (Lipinski definition) is 2. The summed E-state index contributed by atoms with van der Waals surface area (Å²) in [5.74, 6) is 0. The lowest BCUT2D eigenvalue weighted by atomic mass is 10.1. The maximum absolute atomic E-state index is 12.6. The SMILES string of the molecule is CCc1ccc(CNC)cc1S(=O)(=O)NN1CCOCC1. The summed E-state index contributed by atoms with van der Waals surface area (Å²) in [6, 6.07) is 5.60. The molecule has 6 nitrogen and oxygen atoms in total. The number of sulfonamides is 1. The number of morpholine rings is 1. The van der Waals surface area contributed by atoms with Crippen LogP contribution in [0.4, 0.5) is 0 Å². The molecule has 0 saturated carbocycles. The maximum Gasteiger partial charge on any atom is 0.253 e. The molecule has 2 rings (SSSR count). The zero-order valence-corrected chi connectivity index (χ0v) is 13.4. The van der Waals surface area contributed by atoms with E-state index in [1.807, 2.05) is 26.1 Å². The second-order valence-electron chi connectivity index (χ2n) is 5.02. The van der Waals surface area contributed by atoms with Crippen LogP contribution < -0.4 is 10.1 Å². The number of nitrogens with zero attached hydrogens (tertiary/aromatic N) is 1. The fraction of sp³-hybridized carbons (Fsp3) is 0.571. The van der Waals surface area contributed by atoms with E-state index in [1.165, 1.54) is 0 Å². The maximum atomic E-state index is 12.6. The van der Waals surface area contributed by atoms with E-state index in [9.17, 15) is 8.42 Å². The molecule has 7 heteroatoms. The molecule has 0 unspecified atom stereocenters. The molecule has 1 fully saturated rings. The van der Waals surface area contributed by atoms with Gasteiger partial charge in [0.1, 0.15) is 0 Å². The molecule has 21 heavy (non-hydrogen) atoms. The van der Waals surface area contributed by atoms with Crippen molar-refractivity contribution in [1.29, 1.82) is 0 Å². The van der Waals surface area contributed by atoms with Crippen LogP contribution >= 0.6 is 0 Å². The van der Waals surface area contributed by atoms with Crippen molar-refractivity contribution >= 4 is 10.0 Å². The van der Waals surface area contributed by atoms with Crippen molar-refractivity contribution in [3.8, 4) is 0 Å². The lowest BCUT2D eigenvalue weighted by Crippen LogP contribution is -2.48. The van der Waals surface area contributed by atoms with Gasteiger partial charge in [0.05, 0.1) is 18.1 Å². The number of ether oxygens (including phenoxy) is 1. The molecule has 0 spiro atoms. The highest BCUT2D eigenvalue weighted by atomic mass is 32.2. The minimum Gasteiger partial charge on any atom is -0.379 e. The van der Waals surface area contributed by atoms with Gasteiger partial charge in [0.25, 0.3) is 10.0 Å². The van der Waals surface area contributed by atoms with E-state index in [1.54, 1.807) is 11.1 Å². The van der Waals surface area contributed by atoms with Gasteiger partial charge in [-0.15, -0.1) is 4.83 Å². The molecule has 1 aromatic carbocycles. The summed E-state index contributed by atoms with van der Waals surface area (Å²) < 4.78 is 30.5. The number of rotatable bonds is 6. The number of benzene rings is 1. The summed E-state index contributed by atoms with van der Waals surface area (Å²) in [5, 5.41) is 4.74. The van der Waals surface area contributed by atoms with Crippen LogP contribution in [0.5, 0.6) is 0 Å². The summed E-state index contributed by atoms with van der Waals surface area (Å²) in [7, 11) is -1.71. The first-order valence-corrected chi connectivity index (χ1v) is 8.66. The Morgan fingerprint density at radius 3 is 2.62 bits per heavy atom. The van der Waals surface area contributed by atoms with E-state index < -0.39 is 10.0 Å². The van der Waals surface area contributed by atoms with Crippen LogP contribution in [0.25, 0.3) is 0 Å². The van der Waals surface area contributed by atoms with Crippen LogP contribution in [0.1, 0.15) is 18.1 Å². The Hall–Kier alpha value is -0.990. The van der Waals surface area contributed by atoms with E-state index in [4.69, 9.17) is 4.74 Å². The molecule has 0 aromatic heterocycles. The van der Waals surface area contributed by atoms with Gasteiger partial charge in [-0.25, -0.2) is 13.4 Å². The summed E-state index contributed by atoms with van der Waals surface area (Å²) in [5.41, 5.74) is 1.78. The molecule has 1 aliphatic heterocycles. The van der Waals surface area contributed by atoms with Crippen LogP contribution in [0, 0.1) is 0 Å². The molecule has 0 amide bonds. The standard InChI is InChI=1S/C14H23N3O3S/c1-3-13-5-4-12(11-15-2)10-14(13)21(18,19)16-17-6-8-20-9-7-17/h4-5,10,15-16H,3,6-9,11H2,1-2H3. The fourth-order valence-corrected chi connectivity index (χ4v) is 3.81. The molecule has 0 aliphatic carbocycles. The van der Waals surface area contributed by atoms with Gasteiger partial charge in [0, 0.05) is 19.6 Å². The third-order valence-corrected chi connectivity index (χ3v) is 4.90. The summed E-state index contributed by atoms with van der Waals surface area (Å²) >= 11 is 0. The largest absolute Gasteiger partial charge is 0.379 e. The number of nitrogens with one attached hydrogen (secondary N) is 2. The highest BCUT2D eigenvalue weighted by molar-refractivity contribution is 7.89. The van der Waals surface area contributed by atoms with E-state index in [-0.39, 0.29) is 0 Å². The van der Waals surface area contributed by atoms with Crippen LogP contribution in [-0.4, -0.2) is 46.8 Å². The summed E-state index contributed by atoms with van der Waals surface area (Å²) in [6.07, 6.45) is 0.680. The van der Waals surface area contributed by atoms with Crippen LogP contribution in [0.3, 0.4) is 0 Å². The zero-order chi connectivity index (χ0) is 15.3. The molecular formula is C14H23N3O3S. The summed E-state index contributed by atoms with van der Waals surface area (Å²) in [6.45, 7) is 4.82. The van der Waals surface area contributed by atoms with E-state index in [2.05, 4.69) is 10.1 Å². The van der Waals surface area contributed by atoms with Crippen molar-refractivity contribution in [3.05, 3.63) is 29.3 Å². The van der Waals surface area contributed by atoms with E-state index in [0.29, 0.717) is 44.2 Å². The van der Waals surface area contributed by atoms with Crippen molar-refractivity contribution in [2.24, 2.45) is 0 Å². The Kier molecular flexibility index (Phi) is 5.72. The first-order valence-electron chi connectivity index (χ1n) is 7.18. The molecule has 1 aliphatic rings. The number of aryl methyl sites for hydroxylation is 1. The van der Waals surface area contributed by atoms with Gasteiger partial charge in [0.2, 0.25) is 0 Å². The highest BCUT2D eigenvalue weighted by Gasteiger charge is 2.22. The first kappa shape index (κ1) is 16.4. The van der Waals surface area contributed by atoms with Gasteiger partial charge in [-0.3, -0.25) is 0 Å². The predicted molar refractivity (Wildman–Crippen MR) is 81.3 cm³/mol. The normalized spacial score (nSPS) is 17.0. The van der Waals surface area contributed by atoms with Crippen molar-refractivity contribution in [2.45, 2.75) is 24.8 Å². The molecule has 0 radical (unpaired) electrons. The monoisotopic (exact) mass is 313 g/mol. The topological polar surface area (TPSA) is 70.7 Å². The van der Waals surface area contributed by atoms with Crippen molar-refractivity contribution in [1.82, 2.24) is 15.2 Å². The van der Waals surface area contributed by atoms with Crippen molar-refractivity contribution < 1.29 is 13.2 Å². The fourth-order valence-electron chi connectivity index (χ4n) is 2.33. The lowest BCUT2D eigenvalue weighted by molar-refractivity contribution is 0.0272. The number of hydrazine groups is 1. The Labute approximate surface area is 126 Å². The van der Waals surface area contributed by atoms with Crippen LogP contribution in [0.15, 0.2) is 23.1 Å². The smallest absolute Gasteiger partial charge is 0.253 e. The van der Waals surface area contributed by atoms with Gasteiger partial charge in [-0.1, -0.05) is 19.1 Å². The summed E-state index contributed by atoms with van der Waals surface area (Å²) in [4.78, 5) is 3.03. The highest BCUT2D eigenvalue weighted by Crippen LogP contribution is 2.19. The van der Waals surface area contributed by atoms with Gasteiger partial charge in [-0.2, -0.15) is 0 Å². The Balaban J connectivity index is 2.26. The predicted octanol–water partition coefficient (Wildman–Crippen LogP) is 0.494. The zero-order valence-electron chi connectivity index (χ0n) is 12.6. The molecule has 1 heterocycles. The second kappa shape index (κ2) is 7.33. The van der Waals surface area contributed by atoms with E-state index >= 15 is 0 Å². The lowest BCUT2D eigenvalue weighted by Gasteiger charge is -2.27.